The zero-order chi connectivity index (χ0) is 14.0. The molecule has 1 aromatic heterocycles. The van der Waals surface area contributed by atoms with Gasteiger partial charge in [-0.2, -0.15) is 13.2 Å². The topological polar surface area (TPSA) is 46.1 Å². The van der Waals surface area contributed by atoms with Crippen molar-refractivity contribution in [2.24, 2.45) is 5.92 Å². The molecule has 0 N–H and O–H groups in total. The maximum Gasteiger partial charge on any atom is 0.393 e. The normalized spacial score (nSPS) is 20.4. The second-order valence-corrected chi connectivity index (χ2v) is 4.70. The summed E-state index contributed by atoms with van der Waals surface area (Å²) in [5, 5.41) is -0.0471. The molecule has 1 fully saturated rings. The van der Waals surface area contributed by atoms with E-state index in [-0.39, 0.29) is 29.5 Å². The van der Waals surface area contributed by atoms with Crippen molar-refractivity contribution < 1.29 is 18.0 Å². The molecule has 104 valence electrons. The van der Waals surface area contributed by atoms with Crippen molar-refractivity contribution in [2.75, 3.05) is 18.0 Å². The number of hydrogen-bond donors (Lipinski definition) is 0. The monoisotopic (exact) mass is 293 g/mol. The Labute approximate surface area is 112 Å². The minimum absolute atomic E-state index is 0.0343. The molecule has 4 nitrogen and oxygen atoms in total. The molecule has 1 aliphatic heterocycles. The number of alkyl halides is 3. The van der Waals surface area contributed by atoms with Crippen molar-refractivity contribution in [3.8, 4) is 0 Å². The first kappa shape index (κ1) is 14.0. The number of aldehydes is 1. The molecule has 0 aromatic carbocycles. The van der Waals surface area contributed by atoms with Crippen molar-refractivity contribution in [2.45, 2.75) is 19.0 Å². The molecule has 0 amide bonds. The number of nitrogens with zero attached hydrogens (tertiary/aromatic N) is 3. The van der Waals surface area contributed by atoms with Gasteiger partial charge in [-0.15, -0.1) is 0 Å². The first-order chi connectivity index (χ1) is 8.93. The van der Waals surface area contributed by atoms with Crippen LogP contribution in [0, 0.1) is 5.92 Å². The van der Waals surface area contributed by atoms with E-state index >= 15 is 0 Å². The van der Waals surface area contributed by atoms with Crippen LogP contribution < -0.4 is 4.90 Å². The largest absolute Gasteiger partial charge is 0.393 e. The number of carbonyl (C=O) groups is 1. The maximum absolute atomic E-state index is 12.7. The zero-order valence-corrected chi connectivity index (χ0v) is 10.6. The van der Waals surface area contributed by atoms with Gasteiger partial charge in [-0.05, 0) is 12.8 Å². The van der Waals surface area contributed by atoms with Crippen molar-refractivity contribution in [3.63, 3.8) is 0 Å². The lowest BCUT2D eigenvalue weighted by Gasteiger charge is -2.34. The summed E-state index contributed by atoms with van der Waals surface area (Å²) in [5.74, 6) is -1.24. The molecule has 2 rings (SSSR count). The van der Waals surface area contributed by atoms with Crippen LogP contribution in [0.5, 0.6) is 0 Å². The van der Waals surface area contributed by atoms with E-state index in [0.717, 1.165) is 6.33 Å². The van der Waals surface area contributed by atoms with E-state index in [1.54, 1.807) is 0 Å². The Kier molecular flexibility index (Phi) is 3.93. The van der Waals surface area contributed by atoms with Crippen LogP contribution in [0.3, 0.4) is 0 Å². The van der Waals surface area contributed by atoms with Crippen molar-refractivity contribution in [1.82, 2.24) is 9.97 Å². The molecular formula is C11H11ClF3N3O. The van der Waals surface area contributed by atoms with E-state index in [1.165, 1.54) is 4.90 Å². The highest BCUT2D eigenvalue weighted by molar-refractivity contribution is 6.32. The molecule has 1 atom stereocenters. The van der Waals surface area contributed by atoms with E-state index in [2.05, 4.69) is 9.97 Å². The zero-order valence-electron chi connectivity index (χ0n) is 9.82. The predicted molar refractivity (Wildman–Crippen MR) is 63.4 cm³/mol. The quantitative estimate of drug-likeness (QED) is 0.621. The number of aromatic nitrogens is 2. The van der Waals surface area contributed by atoms with Crippen LogP contribution in [0.25, 0.3) is 0 Å². The van der Waals surface area contributed by atoms with Gasteiger partial charge >= 0.3 is 6.18 Å². The standard InChI is InChI=1S/C11H11ClF3N3O/c12-9-8(5-19)10(17-6-16-9)18-3-1-2-7(4-18)11(13,14)15/h5-7H,1-4H2. The summed E-state index contributed by atoms with van der Waals surface area (Å²) in [4.78, 5) is 19.9. The summed E-state index contributed by atoms with van der Waals surface area (Å²) in [7, 11) is 0. The predicted octanol–water partition coefficient (Wildman–Crippen LogP) is 2.72. The lowest BCUT2D eigenvalue weighted by atomic mass is 9.97. The summed E-state index contributed by atoms with van der Waals surface area (Å²) in [6.45, 7) is 0.207. The van der Waals surface area contributed by atoms with E-state index in [1.807, 2.05) is 0 Å². The first-order valence-corrected chi connectivity index (χ1v) is 6.08. The molecule has 0 saturated carbocycles. The second-order valence-electron chi connectivity index (χ2n) is 4.35. The molecule has 19 heavy (non-hydrogen) atoms. The van der Waals surface area contributed by atoms with E-state index in [9.17, 15) is 18.0 Å². The summed E-state index contributed by atoms with van der Waals surface area (Å²) in [6, 6.07) is 0. The SMILES string of the molecule is O=Cc1c(Cl)ncnc1N1CCCC(C(F)(F)F)C1. The molecule has 0 bridgehead atoms. The van der Waals surface area contributed by atoms with Gasteiger partial charge in [0.05, 0.1) is 11.5 Å². The van der Waals surface area contributed by atoms with Crippen molar-refractivity contribution in [3.05, 3.63) is 17.0 Å². The highest BCUT2D eigenvalue weighted by Gasteiger charge is 2.42. The van der Waals surface area contributed by atoms with E-state index < -0.39 is 12.1 Å². The minimum atomic E-state index is -4.24. The fraction of sp³-hybridized carbons (Fsp3) is 0.545. The summed E-state index contributed by atoms with van der Waals surface area (Å²) in [5.41, 5.74) is 0.0343. The average molecular weight is 294 g/mol. The smallest absolute Gasteiger partial charge is 0.355 e. The van der Waals surface area contributed by atoms with Crippen molar-refractivity contribution >= 4 is 23.7 Å². The highest BCUT2D eigenvalue weighted by atomic mass is 35.5. The summed E-state index contributed by atoms with van der Waals surface area (Å²) < 4.78 is 38.2. The lowest BCUT2D eigenvalue weighted by Crippen LogP contribution is -2.42. The summed E-state index contributed by atoms with van der Waals surface area (Å²) in [6.07, 6.45) is -2.15. The third kappa shape index (κ3) is 2.97. The van der Waals surface area contributed by atoms with Gasteiger partial charge in [-0.25, -0.2) is 9.97 Å². The number of hydrogen-bond acceptors (Lipinski definition) is 4. The van der Waals surface area contributed by atoms with E-state index in [4.69, 9.17) is 11.6 Å². The Morgan fingerprint density at radius 2 is 2.16 bits per heavy atom. The first-order valence-electron chi connectivity index (χ1n) is 5.71. The number of rotatable bonds is 2. The highest BCUT2D eigenvalue weighted by Crippen LogP contribution is 2.35. The molecule has 0 radical (unpaired) electrons. The number of piperidine rings is 1. The Morgan fingerprint density at radius 1 is 1.42 bits per heavy atom. The third-order valence-corrected chi connectivity index (χ3v) is 3.42. The minimum Gasteiger partial charge on any atom is -0.355 e. The Bertz CT molecular complexity index is 481. The van der Waals surface area contributed by atoms with Gasteiger partial charge in [0.15, 0.2) is 6.29 Å². The van der Waals surface area contributed by atoms with Crippen LogP contribution in [0.1, 0.15) is 23.2 Å². The molecule has 1 saturated heterocycles. The number of anilines is 1. The van der Waals surface area contributed by atoms with Gasteiger partial charge < -0.3 is 4.90 Å². The molecular weight excluding hydrogens is 283 g/mol. The van der Waals surface area contributed by atoms with Crippen LogP contribution in [0.2, 0.25) is 5.15 Å². The van der Waals surface area contributed by atoms with Gasteiger partial charge in [0.25, 0.3) is 0 Å². The van der Waals surface area contributed by atoms with Crippen LogP contribution in [0.15, 0.2) is 6.33 Å². The Morgan fingerprint density at radius 3 is 2.79 bits per heavy atom. The fourth-order valence-corrected chi connectivity index (χ4v) is 2.33. The molecule has 1 unspecified atom stereocenters. The maximum atomic E-state index is 12.7. The summed E-state index contributed by atoms with van der Waals surface area (Å²) >= 11 is 5.74. The molecule has 1 aromatic rings. The van der Waals surface area contributed by atoms with Crippen molar-refractivity contribution in [1.29, 1.82) is 0 Å². The molecule has 8 heteroatoms. The van der Waals surface area contributed by atoms with Gasteiger partial charge in [-0.1, -0.05) is 11.6 Å². The van der Waals surface area contributed by atoms with Gasteiger partial charge in [0.2, 0.25) is 0 Å². The van der Waals surface area contributed by atoms with E-state index in [0.29, 0.717) is 19.3 Å². The second kappa shape index (κ2) is 5.32. The van der Waals surface area contributed by atoms with Gasteiger partial charge in [-0.3, -0.25) is 4.79 Å². The average Bonchev–Trinajstić information content (AvgIpc) is 2.37. The Hall–Kier alpha value is -1.37. The molecule has 0 aliphatic carbocycles. The number of carbonyl (C=O) groups excluding carboxylic acids is 1. The molecule has 1 aliphatic rings. The van der Waals surface area contributed by atoms with Gasteiger partial charge in [0.1, 0.15) is 17.3 Å². The van der Waals surface area contributed by atoms with Crippen LogP contribution in [-0.4, -0.2) is 35.5 Å². The lowest BCUT2D eigenvalue weighted by molar-refractivity contribution is -0.176. The van der Waals surface area contributed by atoms with Crippen LogP contribution in [-0.2, 0) is 0 Å². The van der Waals surface area contributed by atoms with Gasteiger partial charge in [0, 0.05) is 13.1 Å². The Balaban J connectivity index is 2.27. The fourth-order valence-electron chi connectivity index (χ4n) is 2.16. The number of halogens is 4. The third-order valence-electron chi connectivity index (χ3n) is 3.12. The van der Waals surface area contributed by atoms with Crippen LogP contribution >= 0.6 is 11.6 Å². The molecule has 2 heterocycles. The van der Waals surface area contributed by atoms with Crippen LogP contribution in [0.4, 0.5) is 19.0 Å². The molecule has 0 spiro atoms.